The number of nitrogens with one attached hydrogen (secondary N) is 2. The van der Waals surface area contributed by atoms with Crippen LogP contribution in [0.4, 0.5) is 10.5 Å². The molecular weight excluding hydrogens is 536 g/mol. The number of rotatable bonds is 9. The Morgan fingerprint density at radius 1 is 1.02 bits per heavy atom. The highest BCUT2D eigenvalue weighted by atomic mass is 35.5. The fourth-order valence-corrected chi connectivity index (χ4v) is 4.33. The van der Waals surface area contributed by atoms with Crippen molar-refractivity contribution in [1.29, 1.82) is 0 Å². The predicted octanol–water partition coefficient (Wildman–Crippen LogP) is 4.82. The minimum atomic E-state index is -1.24. The Morgan fingerprint density at radius 2 is 1.62 bits per heavy atom. The molecule has 4 amide bonds. The topological polar surface area (TPSA) is 151 Å². The van der Waals surface area contributed by atoms with Crippen molar-refractivity contribution >= 4 is 41.1 Å². The number of nitrogens with zero attached hydrogens (tertiary/aromatic N) is 1. The number of carbonyl (C=O) groups excluding carboxylic acids is 4. The van der Waals surface area contributed by atoms with Crippen molar-refractivity contribution in [3.8, 4) is 5.75 Å². The number of benzene rings is 2. The highest BCUT2D eigenvalue weighted by molar-refractivity contribution is 6.34. The number of carbonyl (C=O) groups is 4. The summed E-state index contributed by atoms with van der Waals surface area (Å²) in [6.07, 6.45) is -1.17. The Bertz CT molecular complexity index is 1210. The number of nitrogens with two attached hydrogens (primary N) is 1. The summed E-state index contributed by atoms with van der Waals surface area (Å²) in [7, 11) is 0. The number of halogens is 1. The molecular formula is C29H39ClN4O6. The smallest absolute Gasteiger partial charge is 0.408 e. The van der Waals surface area contributed by atoms with Gasteiger partial charge in [-0.15, -0.1) is 0 Å². The summed E-state index contributed by atoms with van der Waals surface area (Å²) >= 11 is 6.37. The number of primary amides is 1. The van der Waals surface area contributed by atoms with E-state index in [9.17, 15) is 24.3 Å². The van der Waals surface area contributed by atoms with Gasteiger partial charge in [0.05, 0.1) is 10.7 Å². The van der Waals surface area contributed by atoms with E-state index in [2.05, 4.69) is 10.6 Å². The van der Waals surface area contributed by atoms with E-state index in [-0.39, 0.29) is 18.6 Å². The Kier molecular flexibility index (Phi) is 10.6. The first-order chi connectivity index (χ1) is 18.4. The van der Waals surface area contributed by atoms with Crippen LogP contribution in [0, 0.1) is 6.92 Å². The van der Waals surface area contributed by atoms with Gasteiger partial charge in [-0.05, 0) is 84.2 Å². The number of para-hydroxylation sites is 1. The molecule has 0 radical (unpaired) electrons. The molecule has 0 fully saturated rings. The molecule has 0 aliphatic heterocycles. The molecule has 40 heavy (non-hydrogen) atoms. The van der Waals surface area contributed by atoms with E-state index in [1.54, 1.807) is 66.7 Å². The third kappa shape index (κ3) is 9.15. The Labute approximate surface area is 240 Å². The van der Waals surface area contributed by atoms with Crippen molar-refractivity contribution in [2.75, 3.05) is 5.32 Å². The molecule has 0 bridgehead atoms. The number of amides is 4. The van der Waals surface area contributed by atoms with Gasteiger partial charge in [-0.25, -0.2) is 4.79 Å². The lowest BCUT2D eigenvalue weighted by Gasteiger charge is -2.43. The van der Waals surface area contributed by atoms with Gasteiger partial charge in [-0.3, -0.25) is 14.4 Å². The van der Waals surface area contributed by atoms with Gasteiger partial charge in [-0.1, -0.05) is 35.9 Å². The van der Waals surface area contributed by atoms with Crippen molar-refractivity contribution < 1.29 is 29.0 Å². The first-order valence-corrected chi connectivity index (χ1v) is 13.2. The van der Waals surface area contributed by atoms with Crippen LogP contribution in [0.1, 0.15) is 71.6 Å². The fourth-order valence-electron chi connectivity index (χ4n) is 4.06. The van der Waals surface area contributed by atoms with Gasteiger partial charge in [0.1, 0.15) is 23.4 Å². The number of phenolic OH excluding ortho intramolecular Hbond substituents is 1. The second kappa shape index (κ2) is 13.0. The van der Waals surface area contributed by atoms with Gasteiger partial charge >= 0.3 is 6.09 Å². The van der Waals surface area contributed by atoms with Crippen LogP contribution >= 0.6 is 11.6 Å². The van der Waals surface area contributed by atoms with Gasteiger partial charge in [0.2, 0.25) is 11.8 Å². The van der Waals surface area contributed by atoms with Crippen LogP contribution < -0.4 is 16.4 Å². The van der Waals surface area contributed by atoms with Crippen molar-refractivity contribution in [2.24, 2.45) is 5.73 Å². The number of anilines is 1. The summed E-state index contributed by atoms with van der Waals surface area (Å²) in [5.41, 5.74) is 5.04. The lowest BCUT2D eigenvalue weighted by Crippen LogP contribution is -2.58. The third-order valence-electron chi connectivity index (χ3n) is 5.81. The van der Waals surface area contributed by atoms with Gasteiger partial charge in [-0.2, -0.15) is 0 Å². The minimum Gasteiger partial charge on any atom is -0.508 e. The van der Waals surface area contributed by atoms with E-state index >= 15 is 0 Å². The largest absolute Gasteiger partial charge is 0.508 e. The average molecular weight is 575 g/mol. The zero-order valence-electron chi connectivity index (χ0n) is 24.0. The molecule has 0 aliphatic carbocycles. The second-order valence-corrected chi connectivity index (χ2v) is 11.9. The highest BCUT2D eigenvalue weighted by Gasteiger charge is 2.42. The number of hydrogen-bond acceptors (Lipinski definition) is 6. The number of ether oxygens (including phenoxy) is 1. The van der Waals surface area contributed by atoms with Crippen molar-refractivity contribution in [3.05, 3.63) is 58.6 Å². The fraction of sp³-hybridized carbons (Fsp3) is 0.448. The number of phenols is 1. The van der Waals surface area contributed by atoms with Crippen LogP contribution in [-0.4, -0.2) is 51.0 Å². The Morgan fingerprint density at radius 3 is 2.12 bits per heavy atom. The number of aryl methyl sites for hydroxylation is 1. The maximum Gasteiger partial charge on any atom is 0.408 e. The SMILES string of the molecule is Cc1cccc(Cl)c1NC(=O)C(c1ccc(O)cc1)N(C(=O)C(CCC(N)=O)NC(=O)OC(C)(C)C)C(C)(C)C. The maximum absolute atomic E-state index is 14.2. The molecule has 2 aromatic carbocycles. The Balaban J connectivity index is 2.62. The molecule has 0 aliphatic rings. The molecule has 5 N–H and O–H groups in total. The van der Waals surface area contributed by atoms with E-state index in [1.165, 1.54) is 29.2 Å². The molecule has 11 heteroatoms. The Hall–Kier alpha value is -3.79. The number of hydrogen-bond donors (Lipinski definition) is 4. The van der Waals surface area contributed by atoms with Crippen molar-refractivity contribution in [3.63, 3.8) is 0 Å². The predicted molar refractivity (Wildman–Crippen MR) is 154 cm³/mol. The van der Waals surface area contributed by atoms with Crippen LogP contribution in [0.2, 0.25) is 5.02 Å². The monoisotopic (exact) mass is 574 g/mol. The van der Waals surface area contributed by atoms with Crippen molar-refractivity contribution in [2.45, 2.75) is 84.5 Å². The van der Waals surface area contributed by atoms with E-state index in [4.69, 9.17) is 22.1 Å². The van der Waals surface area contributed by atoms with Crippen LogP contribution in [0.5, 0.6) is 5.75 Å². The molecule has 10 nitrogen and oxygen atoms in total. The molecule has 2 rings (SSSR count). The first-order valence-electron chi connectivity index (χ1n) is 12.9. The van der Waals surface area contributed by atoms with E-state index in [1.807, 2.05) is 0 Å². The van der Waals surface area contributed by atoms with Crippen LogP contribution in [0.25, 0.3) is 0 Å². The molecule has 218 valence electrons. The summed E-state index contributed by atoms with van der Waals surface area (Å²) < 4.78 is 5.34. The first kappa shape index (κ1) is 32.4. The van der Waals surface area contributed by atoms with Crippen LogP contribution in [0.3, 0.4) is 0 Å². The minimum absolute atomic E-state index is 0.0237. The molecule has 0 saturated carbocycles. The summed E-state index contributed by atoms with van der Waals surface area (Å²) in [5, 5.41) is 15.6. The van der Waals surface area contributed by atoms with Crippen LogP contribution in [0.15, 0.2) is 42.5 Å². The molecule has 0 saturated heterocycles. The quantitative estimate of drug-likeness (QED) is 0.337. The molecule has 2 atom stereocenters. The number of aromatic hydroxyl groups is 1. The lowest BCUT2D eigenvalue weighted by atomic mass is 9.94. The summed E-state index contributed by atoms with van der Waals surface area (Å²) in [4.78, 5) is 53.8. The van der Waals surface area contributed by atoms with Gasteiger partial charge in [0.25, 0.3) is 5.91 Å². The van der Waals surface area contributed by atoms with Crippen molar-refractivity contribution in [1.82, 2.24) is 10.2 Å². The summed E-state index contributed by atoms with van der Waals surface area (Å²) in [6, 6.07) is 8.59. The second-order valence-electron chi connectivity index (χ2n) is 11.5. The van der Waals surface area contributed by atoms with Gasteiger partial charge in [0, 0.05) is 12.0 Å². The molecule has 0 heterocycles. The number of alkyl carbamates (subject to hydrolysis) is 1. The molecule has 0 aromatic heterocycles. The standard InChI is InChI=1S/C29H39ClN4O6/c1-17-9-8-10-20(30)23(17)33-25(37)24(18-11-13-19(35)14-12-18)34(28(2,3)4)26(38)21(15-16-22(31)36)32-27(39)40-29(5,6)7/h8-14,21,24,35H,15-16H2,1-7H3,(H2,31,36)(H,32,39)(H,33,37). The zero-order chi connectivity index (χ0) is 30.4. The molecule has 2 aromatic rings. The van der Waals surface area contributed by atoms with Gasteiger partial charge < -0.3 is 31.1 Å². The lowest BCUT2D eigenvalue weighted by molar-refractivity contribution is -0.147. The zero-order valence-corrected chi connectivity index (χ0v) is 24.8. The highest BCUT2D eigenvalue weighted by Crippen LogP contribution is 2.34. The summed E-state index contributed by atoms with van der Waals surface area (Å²) in [6.45, 7) is 12.0. The van der Waals surface area contributed by atoms with E-state index in [0.717, 1.165) is 0 Å². The maximum atomic E-state index is 14.2. The van der Waals surface area contributed by atoms with E-state index in [0.29, 0.717) is 21.8 Å². The van der Waals surface area contributed by atoms with Crippen LogP contribution in [-0.2, 0) is 19.1 Å². The van der Waals surface area contributed by atoms with E-state index < -0.39 is 47.0 Å². The normalized spacial score (nSPS) is 13.1. The molecule has 0 spiro atoms. The van der Waals surface area contributed by atoms with Gasteiger partial charge in [0.15, 0.2) is 0 Å². The summed E-state index contributed by atoms with van der Waals surface area (Å²) in [5.74, 6) is -1.89. The molecule has 2 unspecified atom stereocenters. The average Bonchev–Trinajstić information content (AvgIpc) is 2.80. The third-order valence-corrected chi connectivity index (χ3v) is 6.13.